The van der Waals surface area contributed by atoms with E-state index in [1.807, 2.05) is 0 Å². The van der Waals surface area contributed by atoms with E-state index in [-0.39, 0.29) is 30.4 Å². The number of alkyl halides is 3. The van der Waals surface area contributed by atoms with Crippen LogP contribution in [-0.4, -0.2) is 54.5 Å². The number of aromatic nitrogens is 1. The maximum atomic E-state index is 13.2. The minimum absolute atomic E-state index is 0.0222. The molecule has 1 unspecified atom stereocenters. The van der Waals surface area contributed by atoms with Crippen LogP contribution in [-0.2, 0) is 15.6 Å². The highest BCUT2D eigenvalue weighted by atomic mass is 32.2. The van der Waals surface area contributed by atoms with Crippen LogP contribution in [0.3, 0.4) is 0 Å². The summed E-state index contributed by atoms with van der Waals surface area (Å²) in [5, 5.41) is 0. The summed E-state index contributed by atoms with van der Waals surface area (Å²) in [6.07, 6.45) is -3.44. The van der Waals surface area contributed by atoms with Crippen molar-refractivity contribution < 1.29 is 31.1 Å². The Hall–Kier alpha value is -2.66. The van der Waals surface area contributed by atoms with Gasteiger partial charge in [-0.1, -0.05) is 6.07 Å². The molecule has 1 fully saturated rings. The molecule has 30 heavy (non-hydrogen) atoms. The number of fused-ring (bicyclic) bond motifs is 3. The number of benzene rings is 1. The van der Waals surface area contributed by atoms with Crippen LogP contribution in [0.4, 0.5) is 13.2 Å². The first-order chi connectivity index (χ1) is 13.9. The molecule has 3 heterocycles. The summed E-state index contributed by atoms with van der Waals surface area (Å²) in [7, 11) is -4.11. The molecule has 0 bridgehead atoms. The Bertz CT molecular complexity index is 1140. The number of carbonyl (C=O) groups excluding carboxylic acids is 1. The van der Waals surface area contributed by atoms with Gasteiger partial charge in [0, 0.05) is 37.6 Å². The second-order valence-electron chi connectivity index (χ2n) is 7.46. The number of rotatable bonds is 3. The number of hydrogen-bond acceptors (Lipinski definition) is 5. The fourth-order valence-corrected chi connectivity index (χ4v) is 5.59. The molecule has 2 aliphatic rings. The molecule has 1 aromatic carbocycles. The zero-order chi connectivity index (χ0) is 21.9. The number of piperazine rings is 1. The number of sulfonamides is 1. The molecule has 11 heteroatoms. The fraction of sp³-hybridized carbons (Fsp3) is 0.368. The molecular weight excluding hydrogens is 423 g/mol. The largest absolute Gasteiger partial charge is 0.573 e. The first kappa shape index (κ1) is 20.6. The molecule has 1 aromatic heterocycles. The lowest BCUT2D eigenvalue weighted by Gasteiger charge is -2.44. The predicted octanol–water partition coefficient (Wildman–Crippen LogP) is 2.66. The topological polar surface area (TPSA) is 79.8 Å². The van der Waals surface area contributed by atoms with Gasteiger partial charge in [-0.3, -0.25) is 9.78 Å². The molecule has 1 saturated heterocycles. The number of nitrogens with zero attached hydrogens (tertiary/aromatic N) is 3. The summed E-state index contributed by atoms with van der Waals surface area (Å²) in [6, 6.07) is 6.05. The highest BCUT2D eigenvalue weighted by molar-refractivity contribution is 7.89. The molecule has 4 rings (SSSR count). The number of carbonyl (C=O) groups is 1. The molecule has 2 aromatic rings. The number of ether oxygens (including phenoxy) is 1. The van der Waals surface area contributed by atoms with E-state index in [4.69, 9.17) is 0 Å². The normalized spacial score (nSPS) is 22.0. The molecule has 1 amide bonds. The van der Waals surface area contributed by atoms with Crippen molar-refractivity contribution in [1.82, 2.24) is 14.2 Å². The SMILES string of the molecule is Cc1cc2c(cn1)C(=O)N1CCN(S(=O)(=O)c3cccc(OC(F)(F)F)c3)CC21C. The number of halogens is 3. The maximum Gasteiger partial charge on any atom is 0.573 e. The minimum atomic E-state index is -4.93. The Kier molecular flexibility index (Phi) is 4.58. The van der Waals surface area contributed by atoms with Crippen LogP contribution in [0.1, 0.15) is 28.5 Å². The zero-order valence-corrected chi connectivity index (χ0v) is 16.9. The number of hydrogen-bond donors (Lipinski definition) is 0. The van der Waals surface area contributed by atoms with Gasteiger partial charge in [-0.15, -0.1) is 13.2 Å². The zero-order valence-electron chi connectivity index (χ0n) is 16.1. The Balaban J connectivity index is 1.68. The molecule has 1 atom stereocenters. The number of aryl methyl sites for hydroxylation is 1. The van der Waals surface area contributed by atoms with Gasteiger partial charge >= 0.3 is 6.36 Å². The van der Waals surface area contributed by atoms with Gasteiger partial charge in [0.15, 0.2) is 0 Å². The Labute approximate surface area is 171 Å². The Morgan fingerprint density at radius 3 is 2.63 bits per heavy atom. The predicted molar refractivity (Wildman–Crippen MR) is 99.2 cm³/mol. The van der Waals surface area contributed by atoms with Gasteiger partial charge in [-0.05, 0) is 37.6 Å². The quantitative estimate of drug-likeness (QED) is 0.732. The summed E-state index contributed by atoms with van der Waals surface area (Å²) < 4.78 is 68.9. The highest BCUT2D eigenvalue weighted by Crippen LogP contribution is 2.42. The smallest absolute Gasteiger partial charge is 0.406 e. The van der Waals surface area contributed by atoms with Crippen molar-refractivity contribution in [3.05, 3.63) is 53.3 Å². The van der Waals surface area contributed by atoms with Gasteiger partial charge in [-0.2, -0.15) is 4.31 Å². The molecule has 0 spiro atoms. The van der Waals surface area contributed by atoms with Gasteiger partial charge in [0.2, 0.25) is 10.0 Å². The van der Waals surface area contributed by atoms with E-state index < -0.39 is 27.7 Å². The van der Waals surface area contributed by atoms with E-state index in [1.165, 1.54) is 22.6 Å². The van der Waals surface area contributed by atoms with Gasteiger partial charge in [-0.25, -0.2) is 8.42 Å². The molecule has 2 aliphatic heterocycles. The Morgan fingerprint density at radius 2 is 1.93 bits per heavy atom. The van der Waals surface area contributed by atoms with Gasteiger partial charge in [0.25, 0.3) is 5.91 Å². The third kappa shape index (κ3) is 3.31. The standard InChI is InChI=1S/C19H18F3N3O4S/c1-12-8-16-15(10-23-12)17(26)25-7-6-24(11-18(16,25)2)30(27,28)14-5-3-4-13(9-14)29-19(20,21)22/h3-5,8-10H,6-7,11H2,1-2H3. The van der Waals surface area contributed by atoms with Crippen molar-refractivity contribution >= 4 is 15.9 Å². The summed E-state index contributed by atoms with van der Waals surface area (Å²) in [4.78, 5) is 18.2. The summed E-state index contributed by atoms with van der Waals surface area (Å²) >= 11 is 0. The van der Waals surface area contributed by atoms with Crippen LogP contribution in [0.25, 0.3) is 0 Å². The number of amides is 1. The molecule has 0 saturated carbocycles. The van der Waals surface area contributed by atoms with Crippen molar-refractivity contribution in [2.24, 2.45) is 0 Å². The first-order valence-electron chi connectivity index (χ1n) is 9.07. The molecule has 0 radical (unpaired) electrons. The lowest BCUT2D eigenvalue weighted by Crippen LogP contribution is -2.58. The molecular formula is C19H18F3N3O4S. The summed E-state index contributed by atoms with van der Waals surface area (Å²) in [6.45, 7) is 3.71. The van der Waals surface area contributed by atoms with Gasteiger partial charge < -0.3 is 9.64 Å². The van der Waals surface area contributed by atoms with Crippen molar-refractivity contribution in [2.45, 2.75) is 30.6 Å². The third-order valence-electron chi connectivity index (χ3n) is 5.43. The fourth-order valence-electron chi connectivity index (χ4n) is 4.03. The van der Waals surface area contributed by atoms with Gasteiger partial charge in [0.1, 0.15) is 5.75 Å². The monoisotopic (exact) mass is 441 g/mol. The second kappa shape index (κ2) is 6.67. The van der Waals surface area contributed by atoms with E-state index in [0.717, 1.165) is 12.1 Å². The molecule has 0 aliphatic carbocycles. The lowest BCUT2D eigenvalue weighted by molar-refractivity contribution is -0.274. The first-order valence-corrected chi connectivity index (χ1v) is 10.5. The summed E-state index contributed by atoms with van der Waals surface area (Å²) in [5.74, 6) is -0.825. The maximum absolute atomic E-state index is 13.2. The van der Waals surface area contributed by atoms with Crippen LogP contribution in [0.5, 0.6) is 5.75 Å². The molecule has 7 nitrogen and oxygen atoms in total. The van der Waals surface area contributed by atoms with Crippen LogP contribution in [0.15, 0.2) is 41.4 Å². The van der Waals surface area contributed by atoms with E-state index >= 15 is 0 Å². The van der Waals surface area contributed by atoms with Crippen molar-refractivity contribution in [1.29, 1.82) is 0 Å². The van der Waals surface area contributed by atoms with Crippen molar-refractivity contribution in [3.8, 4) is 5.75 Å². The van der Waals surface area contributed by atoms with Gasteiger partial charge in [0.05, 0.1) is 16.0 Å². The van der Waals surface area contributed by atoms with E-state index in [0.29, 0.717) is 16.8 Å². The number of pyridine rings is 1. The van der Waals surface area contributed by atoms with Crippen LogP contribution in [0, 0.1) is 6.92 Å². The van der Waals surface area contributed by atoms with E-state index in [2.05, 4.69) is 9.72 Å². The highest BCUT2D eigenvalue weighted by Gasteiger charge is 2.51. The van der Waals surface area contributed by atoms with E-state index in [1.54, 1.807) is 24.8 Å². The van der Waals surface area contributed by atoms with Crippen LogP contribution < -0.4 is 4.74 Å². The average molecular weight is 441 g/mol. The van der Waals surface area contributed by atoms with Crippen LogP contribution in [0.2, 0.25) is 0 Å². The molecule has 160 valence electrons. The minimum Gasteiger partial charge on any atom is -0.406 e. The lowest BCUT2D eigenvalue weighted by atomic mass is 9.90. The van der Waals surface area contributed by atoms with E-state index in [9.17, 15) is 26.4 Å². The van der Waals surface area contributed by atoms with Crippen molar-refractivity contribution in [3.63, 3.8) is 0 Å². The van der Waals surface area contributed by atoms with Crippen molar-refractivity contribution in [2.75, 3.05) is 19.6 Å². The van der Waals surface area contributed by atoms with Crippen LogP contribution >= 0.6 is 0 Å². The summed E-state index contributed by atoms with van der Waals surface area (Å²) in [5.41, 5.74) is 0.921. The molecule has 0 N–H and O–H groups in total. The third-order valence-corrected chi connectivity index (χ3v) is 7.27. The Morgan fingerprint density at radius 1 is 1.20 bits per heavy atom. The second-order valence-corrected chi connectivity index (χ2v) is 9.40. The average Bonchev–Trinajstić information content (AvgIpc) is 2.87.